The summed E-state index contributed by atoms with van der Waals surface area (Å²) in [7, 11) is 0. The van der Waals surface area contributed by atoms with Gasteiger partial charge >= 0.3 is 5.97 Å². The topological polar surface area (TPSA) is 55.8 Å². The van der Waals surface area contributed by atoms with Gasteiger partial charge in [-0.1, -0.05) is 51.1 Å². The van der Waals surface area contributed by atoms with Gasteiger partial charge in [0, 0.05) is 6.42 Å². The molecule has 2 rings (SSSR count). The minimum atomic E-state index is -0.794. The van der Waals surface area contributed by atoms with Crippen LogP contribution >= 0.6 is 0 Å². The molecule has 4 heteroatoms. The van der Waals surface area contributed by atoms with Gasteiger partial charge in [0.15, 0.2) is 0 Å². The fourth-order valence-corrected chi connectivity index (χ4v) is 2.78. The summed E-state index contributed by atoms with van der Waals surface area (Å²) in [6, 6.07) is 13.8. The Balaban J connectivity index is 1.92. The molecular formula is C22H28O4. The maximum Gasteiger partial charge on any atom is 0.303 e. The average molecular weight is 356 g/mol. The van der Waals surface area contributed by atoms with E-state index in [9.17, 15) is 4.79 Å². The van der Waals surface area contributed by atoms with Crippen LogP contribution in [0.1, 0.15) is 43.9 Å². The lowest BCUT2D eigenvalue weighted by atomic mass is 9.85. The van der Waals surface area contributed by atoms with E-state index in [1.807, 2.05) is 24.3 Å². The highest BCUT2D eigenvalue weighted by molar-refractivity contribution is 5.67. The van der Waals surface area contributed by atoms with Crippen molar-refractivity contribution < 1.29 is 19.4 Å². The molecule has 0 amide bonds. The number of para-hydroxylation sites is 1. The number of aliphatic carboxylic acids is 1. The first-order valence-electron chi connectivity index (χ1n) is 8.94. The second-order valence-corrected chi connectivity index (χ2v) is 7.44. The largest absolute Gasteiger partial charge is 0.490 e. The summed E-state index contributed by atoms with van der Waals surface area (Å²) in [6.07, 6.45) is 0.622. The third-order valence-electron chi connectivity index (χ3n) is 4.14. The Hall–Kier alpha value is -2.49. The van der Waals surface area contributed by atoms with Gasteiger partial charge in [0.2, 0.25) is 0 Å². The Kier molecular flexibility index (Phi) is 6.67. The molecule has 0 aliphatic rings. The van der Waals surface area contributed by atoms with Crippen molar-refractivity contribution in [2.75, 3.05) is 13.2 Å². The van der Waals surface area contributed by atoms with E-state index in [0.29, 0.717) is 19.6 Å². The molecule has 140 valence electrons. The zero-order chi connectivity index (χ0) is 19.2. The van der Waals surface area contributed by atoms with Crippen LogP contribution in [0.4, 0.5) is 0 Å². The number of rotatable bonds is 8. The van der Waals surface area contributed by atoms with Crippen molar-refractivity contribution in [3.05, 3.63) is 59.2 Å². The zero-order valence-electron chi connectivity index (χ0n) is 16.0. The van der Waals surface area contributed by atoms with Crippen LogP contribution in [0, 0.1) is 6.92 Å². The van der Waals surface area contributed by atoms with Crippen LogP contribution in [0.15, 0.2) is 42.5 Å². The molecule has 0 aliphatic heterocycles. The summed E-state index contributed by atoms with van der Waals surface area (Å²) in [5.74, 6) is 0.869. The Bertz CT molecular complexity index is 744. The number of ether oxygens (including phenoxy) is 2. The van der Waals surface area contributed by atoms with E-state index in [1.54, 1.807) is 0 Å². The zero-order valence-corrected chi connectivity index (χ0v) is 16.0. The molecule has 0 bridgehead atoms. The van der Waals surface area contributed by atoms with Crippen LogP contribution < -0.4 is 9.47 Å². The smallest absolute Gasteiger partial charge is 0.303 e. The van der Waals surface area contributed by atoms with Crippen LogP contribution in [-0.4, -0.2) is 24.3 Å². The summed E-state index contributed by atoms with van der Waals surface area (Å²) in [5.41, 5.74) is 3.28. The predicted molar refractivity (Wildman–Crippen MR) is 103 cm³/mol. The van der Waals surface area contributed by atoms with Gasteiger partial charge in [-0.05, 0) is 47.6 Å². The van der Waals surface area contributed by atoms with Crippen molar-refractivity contribution in [3.8, 4) is 11.5 Å². The predicted octanol–water partition coefficient (Wildman–Crippen LogP) is 4.77. The molecule has 0 atom stereocenters. The van der Waals surface area contributed by atoms with Crippen molar-refractivity contribution in [1.82, 2.24) is 0 Å². The number of carboxylic acids is 1. The lowest BCUT2D eigenvalue weighted by Crippen LogP contribution is -2.16. The molecule has 2 aromatic rings. The van der Waals surface area contributed by atoms with Crippen molar-refractivity contribution in [3.63, 3.8) is 0 Å². The van der Waals surface area contributed by atoms with Crippen LogP contribution in [0.5, 0.6) is 11.5 Å². The Morgan fingerprint density at radius 1 is 1.04 bits per heavy atom. The van der Waals surface area contributed by atoms with E-state index in [1.165, 1.54) is 5.56 Å². The van der Waals surface area contributed by atoms with E-state index in [-0.39, 0.29) is 11.8 Å². The molecule has 1 N–H and O–H groups in total. The quantitative estimate of drug-likeness (QED) is 0.692. The molecule has 0 unspecified atom stereocenters. The average Bonchev–Trinajstić information content (AvgIpc) is 2.57. The molecule has 0 spiro atoms. The van der Waals surface area contributed by atoms with Crippen LogP contribution in [-0.2, 0) is 16.6 Å². The summed E-state index contributed by atoms with van der Waals surface area (Å²) >= 11 is 0. The monoisotopic (exact) mass is 356 g/mol. The van der Waals surface area contributed by atoms with Crippen molar-refractivity contribution >= 4 is 5.97 Å². The molecule has 4 nitrogen and oxygen atoms in total. The first kappa shape index (κ1) is 19.8. The first-order valence-corrected chi connectivity index (χ1v) is 8.94. The van der Waals surface area contributed by atoms with E-state index in [0.717, 1.165) is 22.6 Å². The van der Waals surface area contributed by atoms with Gasteiger partial charge in [0.05, 0.1) is 0 Å². The fourth-order valence-electron chi connectivity index (χ4n) is 2.78. The number of benzene rings is 2. The summed E-state index contributed by atoms with van der Waals surface area (Å²) in [4.78, 5) is 10.7. The molecule has 0 saturated carbocycles. The molecule has 0 saturated heterocycles. The van der Waals surface area contributed by atoms with Gasteiger partial charge in [-0.15, -0.1) is 0 Å². The van der Waals surface area contributed by atoms with E-state index >= 15 is 0 Å². The third-order valence-corrected chi connectivity index (χ3v) is 4.14. The molecule has 0 aliphatic carbocycles. The second kappa shape index (κ2) is 8.75. The van der Waals surface area contributed by atoms with Gasteiger partial charge in [-0.3, -0.25) is 4.79 Å². The molecule has 2 aromatic carbocycles. The normalized spacial score (nSPS) is 11.2. The highest BCUT2D eigenvalue weighted by Gasteiger charge is 2.20. The Morgan fingerprint density at radius 3 is 2.42 bits per heavy atom. The van der Waals surface area contributed by atoms with Gasteiger partial charge in [-0.25, -0.2) is 0 Å². The number of aryl methyl sites for hydroxylation is 2. The van der Waals surface area contributed by atoms with E-state index in [4.69, 9.17) is 14.6 Å². The van der Waals surface area contributed by atoms with Gasteiger partial charge in [0.1, 0.15) is 24.7 Å². The van der Waals surface area contributed by atoms with E-state index in [2.05, 4.69) is 45.9 Å². The maximum absolute atomic E-state index is 10.7. The summed E-state index contributed by atoms with van der Waals surface area (Å²) < 4.78 is 11.8. The maximum atomic E-state index is 10.7. The Labute approximate surface area is 155 Å². The number of hydrogen-bond donors (Lipinski definition) is 1. The summed E-state index contributed by atoms with van der Waals surface area (Å²) in [6.45, 7) is 9.46. The molecule has 26 heavy (non-hydrogen) atoms. The number of carbonyl (C=O) groups is 1. The minimum absolute atomic E-state index is 0.0146. The minimum Gasteiger partial charge on any atom is -0.490 e. The lowest BCUT2D eigenvalue weighted by molar-refractivity contribution is -0.136. The third kappa shape index (κ3) is 5.80. The van der Waals surface area contributed by atoms with Gasteiger partial charge in [-0.2, -0.15) is 0 Å². The lowest BCUT2D eigenvalue weighted by Gasteiger charge is -2.24. The molecule has 0 heterocycles. The molecule has 0 aromatic heterocycles. The van der Waals surface area contributed by atoms with Gasteiger partial charge in [0.25, 0.3) is 0 Å². The van der Waals surface area contributed by atoms with Crippen LogP contribution in [0.3, 0.4) is 0 Å². The standard InChI is InChI=1S/C22H28O4/c1-16-7-5-10-19(22(2,3)4)21(16)26-14-13-25-18-9-6-8-17(15-18)11-12-20(23)24/h5-10,15H,11-14H2,1-4H3,(H,23,24). The van der Waals surface area contributed by atoms with Gasteiger partial charge < -0.3 is 14.6 Å². The molecule has 0 radical (unpaired) electrons. The van der Waals surface area contributed by atoms with Crippen molar-refractivity contribution in [2.45, 2.75) is 46.0 Å². The SMILES string of the molecule is Cc1cccc(C(C)(C)C)c1OCCOc1cccc(CCC(=O)O)c1. The molecule has 0 fully saturated rings. The van der Waals surface area contributed by atoms with Crippen LogP contribution in [0.2, 0.25) is 0 Å². The number of carboxylic acid groups (broad SMARTS) is 1. The highest BCUT2D eigenvalue weighted by Crippen LogP contribution is 2.33. The highest BCUT2D eigenvalue weighted by atomic mass is 16.5. The van der Waals surface area contributed by atoms with Crippen molar-refractivity contribution in [1.29, 1.82) is 0 Å². The Morgan fingerprint density at radius 2 is 1.73 bits per heavy atom. The fraction of sp³-hybridized carbons (Fsp3) is 0.409. The van der Waals surface area contributed by atoms with Crippen LogP contribution in [0.25, 0.3) is 0 Å². The summed E-state index contributed by atoms with van der Waals surface area (Å²) in [5, 5.41) is 8.78. The second-order valence-electron chi connectivity index (χ2n) is 7.44. The first-order chi connectivity index (χ1) is 12.3. The van der Waals surface area contributed by atoms with E-state index < -0.39 is 5.97 Å². The van der Waals surface area contributed by atoms with Crippen molar-refractivity contribution in [2.24, 2.45) is 0 Å². The number of hydrogen-bond acceptors (Lipinski definition) is 3. The molecular weight excluding hydrogens is 328 g/mol.